The molecule has 6 heteroatoms. The zero-order valence-corrected chi connectivity index (χ0v) is 13.0. The lowest BCUT2D eigenvalue weighted by atomic mass is 10.2. The van der Waals surface area contributed by atoms with Crippen LogP contribution in [0.1, 0.15) is 11.3 Å². The second-order valence-electron chi connectivity index (χ2n) is 4.97. The quantitative estimate of drug-likeness (QED) is 0.783. The summed E-state index contributed by atoms with van der Waals surface area (Å²) in [7, 11) is 0. The van der Waals surface area contributed by atoms with Gasteiger partial charge in [-0.1, -0.05) is 12.1 Å². The molecule has 116 valence electrons. The number of carbonyl (C=O) groups is 1. The number of halogens is 1. The van der Waals surface area contributed by atoms with E-state index in [9.17, 15) is 9.18 Å². The van der Waals surface area contributed by atoms with Crippen LogP contribution in [0.3, 0.4) is 0 Å². The maximum atomic E-state index is 13.1. The van der Waals surface area contributed by atoms with Gasteiger partial charge in [0.2, 0.25) is 5.91 Å². The Morgan fingerprint density at radius 2 is 2.17 bits per heavy atom. The number of hydrogen-bond donors (Lipinski definition) is 1. The smallest absolute Gasteiger partial charge is 0.226 e. The lowest BCUT2D eigenvalue weighted by Gasteiger charge is -2.04. The summed E-state index contributed by atoms with van der Waals surface area (Å²) in [6.45, 7) is 0.302. The van der Waals surface area contributed by atoms with Gasteiger partial charge in [-0.3, -0.25) is 9.78 Å². The van der Waals surface area contributed by atoms with Crippen molar-refractivity contribution in [3.05, 3.63) is 71.2 Å². The van der Waals surface area contributed by atoms with Crippen molar-refractivity contribution in [2.45, 2.75) is 13.0 Å². The van der Waals surface area contributed by atoms with Crippen LogP contribution in [-0.2, 0) is 17.8 Å². The van der Waals surface area contributed by atoms with Crippen LogP contribution >= 0.6 is 11.3 Å². The summed E-state index contributed by atoms with van der Waals surface area (Å²) in [5, 5.41) is 5.47. The minimum absolute atomic E-state index is 0.141. The van der Waals surface area contributed by atoms with Crippen LogP contribution in [-0.4, -0.2) is 15.9 Å². The monoisotopic (exact) mass is 327 g/mol. The maximum Gasteiger partial charge on any atom is 0.226 e. The van der Waals surface area contributed by atoms with Gasteiger partial charge in [0.15, 0.2) is 0 Å². The number of hydrogen-bond acceptors (Lipinski definition) is 4. The van der Waals surface area contributed by atoms with Gasteiger partial charge in [-0.15, -0.1) is 11.3 Å². The van der Waals surface area contributed by atoms with Crippen molar-refractivity contribution in [2.24, 2.45) is 0 Å². The SMILES string of the molecule is O=C(Cc1csc(-c2cccnc2)n1)NCc1cccc(F)c1. The van der Waals surface area contributed by atoms with Crippen LogP contribution in [0.15, 0.2) is 54.2 Å². The van der Waals surface area contributed by atoms with Crippen molar-refractivity contribution in [3.63, 3.8) is 0 Å². The van der Waals surface area contributed by atoms with Gasteiger partial charge in [0.1, 0.15) is 10.8 Å². The molecule has 0 fully saturated rings. The Balaban J connectivity index is 1.57. The number of nitrogens with one attached hydrogen (secondary N) is 1. The first-order valence-corrected chi connectivity index (χ1v) is 7.94. The van der Waals surface area contributed by atoms with Crippen LogP contribution < -0.4 is 5.32 Å². The normalized spacial score (nSPS) is 10.5. The fourth-order valence-corrected chi connectivity index (χ4v) is 2.90. The topological polar surface area (TPSA) is 54.9 Å². The third-order valence-corrected chi connectivity index (χ3v) is 4.12. The van der Waals surface area contributed by atoms with Gasteiger partial charge in [0.25, 0.3) is 0 Å². The van der Waals surface area contributed by atoms with E-state index < -0.39 is 0 Å². The molecule has 4 nitrogen and oxygen atoms in total. The molecule has 0 radical (unpaired) electrons. The van der Waals surface area contributed by atoms with E-state index in [0.29, 0.717) is 12.2 Å². The Morgan fingerprint density at radius 3 is 2.96 bits per heavy atom. The first-order valence-electron chi connectivity index (χ1n) is 7.06. The Morgan fingerprint density at radius 1 is 1.26 bits per heavy atom. The van der Waals surface area contributed by atoms with Crippen molar-refractivity contribution in [1.82, 2.24) is 15.3 Å². The van der Waals surface area contributed by atoms with Crippen molar-refractivity contribution < 1.29 is 9.18 Å². The van der Waals surface area contributed by atoms with Gasteiger partial charge in [-0.25, -0.2) is 9.37 Å². The molecule has 3 aromatic rings. The lowest BCUT2D eigenvalue weighted by Crippen LogP contribution is -2.24. The predicted octanol–water partition coefficient (Wildman–Crippen LogP) is 3.20. The number of benzene rings is 1. The van der Waals surface area contributed by atoms with E-state index in [1.165, 1.54) is 23.5 Å². The van der Waals surface area contributed by atoms with Gasteiger partial charge in [0.05, 0.1) is 12.1 Å². The van der Waals surface area contributed by atoms with Crippen LogP contribution in [0.25, 0.3) is 10.6 Å². The Labute approximate surface area is 137 Å². The summed E-state index contributed by atoms with van der Waals surface area (Å²) in [5.41, 5.74) is 2.38. The molecule has 0 aliphatic rings. The van der Waals surface area contributed by atoms with Gasteiger partial charge in [0, 0.05) is 29.9 Å². The average Bonchev–Trinajstić information content (AvgIpc) is 3.02. The number of amides is 1. The number of carbonyl (C=O) groups excluding carboxylic acids is 1. The number of thiazole rings is 1. The molecule has 0 aliphatic carbocycles. The zero-order valence-electron chi connectivity index (χ0n) is 12.2. The van der Waals surface area contributed by atoms with Gasteiger partial charge in [-0.2, -0.15) is 0 Å². The molecular weight excluding hydrogens is 313 g/mol. The Kier molecular flexibility index (Phi) is 4.73. The summed E-state index contributed by atoms with van der Waals surface area (Å²) in [6, 6.07) is 9.95. The molecule has 1 N–H and O–H groups in total. The van der Waals surface area contributed by atoms with Gasteiger partial charge in [-0.05, 0) is 29.8 Å². The average molecular weight is 327 g/mol. The molecule has 1 amide bonds. The summed E-state index contributed by atoms with van der Waals surface area (Å²) in [6.07, 6.45) is 3.65. The Bertz CT molecular complexity index is 804. The van der Waals surface area contributed by atoms with E-state index in [4.69, 9.17) is 0 Å². The molecule has 0 unspecified atom stereocenters. The third kappa shape index (κ3) is 4.20. The molecule has 0 saturated heterocycles. The highest BCUT2D eigenvalue weighted by Gasteiger charge is 2.09. The molecule has 0 bridgehead atoms. The van der Waals surface area contributed by atoms with Crippen LogP contribution in [0.4, 0.5) is 4.39 Å². The minimum Gasteiger partial charge on any atom is -0.352 e. The van der Waals surface area contributed by atoms with E-state index in [1.54, 1.807) is 24.5 Å². The van der Waals surface area contributed by atoms with Crippen LogP contribution in [0, 0.1) is 5.82 Å². The van der Waals surface area contributed by atoms with Gasteiger partial charge < -0.3 is 5.32 Å². The Hall–Kier alpha value is -2.60. The number of nitrogens with zero attached hydrogens (tertiary/aromatic N) is 2. The standard InChI is InChI=1S/C17H14FN3OS/c18-14-5-1-3-12(7-14)9-20-16(22)8-15-11-23-17(21-15)13-4-2-6-19-10-13/h1-7,10-11H,8-9H2,(H,20,22). The second kappa shape index (κ2) is 7.11. The van der Waals surface area contributed by atoms with Gasteiger partial charge >= 0.3 is 0 Å². The zero-order chi connectivity index (χ0) is 16.1. The fraction of sp³-hybridized carbons (Fsp3) is 0.118. The third-order valence-electron chi connectivity index (χ3n) is 3.18. The summed E-state index contributed by atoms with van der Waals surface area (Å²) >= 11 is 1.48. The minimum atomic E-state index is -0.308. The molecule has 2 aromatic heterocycles. The maximum absolute atomic E-state index is 13.1. The number of aromatic nitrogens is 2. The summed E-state index contributed by atoms with van der Waals surface area (Å²) < 4.78 is 13.1. The number of rotatable bonds is 5. The molecule has 0 spiro atoms. The molecular formula is C17H14FN3OS. The summed E-state index contributed by atoms with van der Waals surface area (Å²) in [4.78, 5) is 20.5. The largest absolute Gasteiger partial charge is 0.352 e. The van der Waals surface area contributed by atoms with Crippen LogP contribution in [0.2, 0.25) is 0 Å². The molecule has 0 aliphatic heterocycles. The van der Waals surface area contributed by atoms with Crippen molar-refractivity contribution in [3.8, 4) is 10.6 Å². The van der Waals surface area contributed by atoms with E-state index >= 15 is 0 Å². The van der Waals surface area contributed by atoms with E-state index in [0.717, 1.165) is 16.1 Å². The molecule has 3 rings (SSSR count). The molecule has 2 heterocycles. The first-order chi connectivity index (χ1) is 11.2. The van der Waals surface area contributed by atoms with E-state index in [1.807, 2.05) is 17.5 Å². The highest BCUT2D eigenvalue weighted by Crippen LogP contribution is 2.22. The first kappa shape index (κ1) is 15.3. The van der Waals surface area contributed by atoms with Crippen molar-refractivity contribution in [2.75, 3.05) is 0 Å². The number of pyridine rings is 1. The van der Waals surface area contributed by atoms with Crippen LogP contribution in [0.5, 0.6) is 0 Å². The predicted molar refractivity (Wildman–Crippen MR) is 87.3 cm³/mol. The highest BCUT2D eigenvalue weighted by molar-refractivity contribution is 7.13. The fourth-order valence-electron chi connectivity index (χ4n) is 2.08. The lowest BCUT2D eigenvalue weighted by molar-refractivity contribution is -0.120. The van der Waals surface area contributed by atoms with E-state index in [2.05, 4.69) is 15.3 Å². The van der Waals surface area contributed by atoms with Crippen molar-refractivity contribution in [1.29, 1.82) is 0 Å². The second-order valence-corrected chi connectivity index (χ2v) is 5.83. The summed E-state index contributed by atoms with van der Waals surface area (Å²) in [5.74, 6) is -0.449. The molecule has 1 aromatic carbocycles. The van der Waals surface area contributed by atoms with E-state index in [-0.39, 0.29) is 18.1 Å². The molecule has 0 saturated carbocycles. The highest BCUT2D eigenvalue weighted by atomic mass is 32.1. The molecule has 23 heavy (non-hydrogen) atoms. The van der Waals surface area contributed by atoms with Crippen molar-refractivity contribution >= 4 is 17.2 Å². The molecule has 0 atom stereocenters.